The number of thioether (sulfide) groups is 1. The van der Waals surface area contributed by atoms with E-state index in [1.54, 1.807) is 30.8 Å². The molecular weight excluding hydrogens is 315 g/mol. The van der Waals surface area contributed by atoms with Crippen LogP contribution in [0.4, 0.5) is 15.8 Å². The Balaban J connectivity index is 1.84. The van der Waals surface area contributed by atoms with E-state index in [4.69, 9.17) is 0 Å². The highest BCUT2D eigenvalue weighted by Crippen LogP contribution is 2.31. The number of rotatable bonds is 2. The van der Waals surface area contributed by atoms with Crippen molar-refractivity contribution < 1.29 is 14.0 Å². The summed E-state index contributed by atoms with van der Waals surface area (Å²) in [6, 6.07) is 9.42. The van der Waals surface area contributed by atoms with Crippen molar-refractivity contribution in [1.29, 1.82) is 0 Å². The fraction of sp³-hybridized carbons (Fsp3) is 0.176. The van der Waals surface area contributed by atoms with Gasteiger partial charge in [0, 0.05) is 28.3 Å². The predicted octanol–water partition coefficient (Wildman–Crippen LogP) is 3.82. The highest BCUT2D eigenvalue weighted by molar-refractivity contribution is 7.99. The van der Waals surface area contributed by atoms with Gasteiger partial charge in [0.1, 0.15) is 5.82 Å². The van der Waals surface area contributed by atoms with Crippen LogP contribution in [-0.2, 0) is 4.79 Å². The Morgan fingerprint density at radius 2 is 2.09 bits per heavy atom. The molecular formula is C17H15FN2O2S. The number of aryl methyl sites for hydroxylation is 1. The second kappa shape index (κ2) is 6.42. The van der Waals surface area contributed by atoms with E-state index in [-0.39, 0.29) is 17.6 Å². The fourth-order valence-corrected chi connectivity index (χ4v) is 3.26. The van der Waals surface area contributed by atoms with Gasteiger partial charge in [0.05, 0.1) is 5.69 Å². The largest absolute Gasteiger partial charge is 0.325 e. The molecule has 118 valence electrons. The van der Waals surface area contributed by atoms with Gasteiger partial charge in [-0.25, -0.2) is 4.39 Å². The van der Waals surface area contributed by atoms with Gasteiger partial charge in [-0.15, -0.1) is 11.8 Å². The molecule has 0 fully saturated rings. The minimum atomic E-state index is -0.342. The van der Waals surface area contributed by atoms with Gasteiger partial charge in [-0.3, -0.25) is 9.59 Å². The first-order chi connectivity index (χ1) is 11.0. The van der Waals surface area contributed by atoms with Crippen molar-refractivity contribution in [2.45, 2.75) is 18.2 Å². The molecule has 2 aromatic rings. The summed E-state index contributed by atoms with van der Waals surface area (Å²) >= 11 is 1.59. The van der Waals surface area contributed by atoms with Crippen LogP contribution in [0.3, 0.4) is 0 Å². The van der Waals surface area contributed by atoms with Crippen LogP contribution in [-0.4, -0.2) is 17.6 Å². The molecule has 2 N–H and O–H groups in total. The molecule has 23 heavy (non-hydrogen) atoms. The predicted molar refractivity (Wildman–Crippen MR) is 89.5 cm³/mol. The summed E-state index contributed by atoms with van der Waals surface area (Å²) in [5.41, 5.74) is 2.30. The number of amides is 2. The number of benzene rings is 2. The molecule has 0 saturated carbocycles. The molecule has 0 unspecified atom stereocenters. The summed E-state index contributed by atoms with van der Waals surface area (Å²) in [6.07, 6.45) is 0.454. The Morgan fingerprint density at radius 1 is 1.26 bits per heavy atom. The molecule has 0 radical (unpaired) electrons. The summed E-state index contributed by atoms with van der Waals surface area (Å²) in [4.78, 5) is 25.0. The van der Waals surface area contributed by atoms with Crippen LogP contribution in [0.5, 0.6) is 0 Å². The van der Waals surface area contributed by atoms with Crippen molar-refractivity contribution in [1.82, 2.24) is 0 Å². The molecule has 1 aliphatic heterocycles. The van der Waals surface area contributed by atoms with Crippen LogP contribution in [0, 0.1) is 12.7 Å². The van der Waals surface area contributed by atoms with Crippen molar-refractivity contribution in [3.8, 4) is 0 Å². The average molecular weight is 330 g/mol. The maximum atomic E-state index is 13.1. The first-order valence-electron chi connectivity index (χ1n) is 7.17. The molecule has 3 rings (SSSR count). The monoisotopic (exact) mass is 330 g/mol. The molecule has 4 nitrogen and oxygen atoms in total. The van der Waals surface area contributed by atoms with Gasteiger partial charge in [0.2, 0.25) is 5.91 Å². The number of hydrogen-bond donors (Lipinski definition) is 2. The van der Waals surface area contributed by atoms with Crippen LogP contribution in [0.15, 0.2) is 41.3 Å². The van der Waals surface area contributed by atoms with E-state index in [1.807, 2.05) is 6.07 Å². The van der Waals surface area contributed by atoms with E-state index in [2.05, 4.69) is 10.6 Å². The van der Waals surface area contributed by atoms with Crippen LogP contribution in [0.2, 0.25) is 0 Å². The zero-order valence-corrected chi connectivity index (χ0v) is 13.3. The van der Waals surface area contributed by atoms with E-state index in [9.17, 15) is 14.0 Å². The molecule has 2 aromatic carbocycles. The summed E-state index contributed by atoms with van der Waals surface area (Å²) < 4.78 is 13.1. The third kappa shape index (κ3) is 3.53. The lowest BCUT2D eigenvalue weighted by molar-refractivity contribution is -0.115. The van der Waals surface area contributed by atoms with Gasteiger partial charge in [-0.2, -0.15) is 0 Å². The van der Waals surface area contributed by atoms with Crippen molar-refractivity contribution >= 4 is 35.0 Å². The van der Waals surface area contributed by atoms with E-state index in [0.717, 1.165) is 10.6 Å². The van der Waals surface area contributed by atoms with Crippen LogP contribution in [0.25, 0.3) is 0 Å². The summed E-state index contributed by atoms with van der Waals surface area (Å²) in [7, 11) is 0. The zero-order chi connectivity index (χ0) is 16.4. The molecule has 1 aliphatic rings. The zero-order valence-electron chi connectivity index (χ0n) is 12.5. The quantitative estimate of drug-likeness (QED) is 0.880. The van der Waals surface area contributed by atoms with Gasteiger partial charge in [-0.05, 0) is 48.9 Å². The van der Waals surface area contributed by atoms with Crippen molar-refractivity contribution in [2.75, 3.05) is 16.4 Å². The van der Waals surface area contributed by atoms with Crippen molar-refractivity contribution in [2.24, 2.45) is 0 Å². The van der Waals surface area contributed by atoms with E-state index in [0.29, 0.717) is 28.9 Å². The second-order valence-corrected chi connectivity index (χ2v) is 6.41. The molecule has 0 atom stereocenters. The Kier molecular flexibility index (Phi) is 4.34. The number of carbonyl (C=O) groups excluding carboxylic acids is 2. The van der Waals surface area contributed by atoms with Crippen LogP contribution < -0.4 is 10.6 Å². The maximum absolute atomic E-state index is 13.1. The average Bonchev–Trinajstić information content (AvgIpc) is 2.69. The van der Waals surface area contributed by atoms with Gasteiger partial charge in [0.15, 0.2) is 0 Å². The molecule has 0 spiro atoms. The Hall–Kier alpha value is -2.34. The van der Waals surface area contributed by atoms with E-state index in [1.165, 1.54) is 18.2 Å². The Morgan fingerprint density at radius 3 is 2.87 bits per heavy atom. The number of carbonyl (C=O) groups is 2. The molecule has 0 aromatic heterocycles. The lowest BCUT2D eigenvalue weighted by Gasteiger charge is -2.11. The number of hydrogen-bond acceptors (Lipinski definition) is 3. The van der Waals surface area contributed by atoms with Gasteiger partial charge in [0.25, 0.3) is 5.91 Å². The highest BCUT2D eigenvalue weighted by Gasteiger charge is 2.16. The highest BCUT2D eigenvalue weighted by atomic mass is 32.2. The Bertz CT molecular complexity index is 792. The third-order valence-electron chi connectivity index (χ3n) is 3.54. The molecule has 0 bridgehead atoms. The van der Waals surface area contributed by atoms with Crippen LogP contribution >= 0.6 is 11.8 Å². The van der Waals surface area contributed by atoms with Crippen molar-refractivity contribution in [3.05, 3.63) is 53.3 Å². The third-order valence-corrected chi connectivity index (χ3v) is 4.61. The van der Waals surface area contributed by atoms with Gasteiger partial charge in [-0.1, -0.05) is 0 Å². The molecule has 1 heterocycles. The normalized spacial score (nSPS) is 13.7. The molecule has 0 saturated heterocycles. The number of fused-ring (bicyclic) bond motifs is 1. The maximum Gasteiger partial charge on any atom is 0.255 e. The smallest absolute Gasteiger partial charge is 0.255 e. The molecule has 6 heteroatoms. The summed E-state index contributed by atoms with van der Waals surface area (Å²) in [6.45, 7) is 1.73. The lowest BCUT2D eigenvalue weighted by atomic mass is 10.1. The SMILES string of the molecule is Cc1cc(F)ccc1NC(=O)c1ccc2c(c1)NC(=O)CCS2. The summed E-state index contributed by atoms with van der Waals surface area (Å²) in [5.74, 6) is 0.0264. The molecule has 0 aliphatic carbocycles. The fourth-order valence-electron chi connectivity index (χ4n) is 2.32. The summed E-state index contributed by atoms with van der Waals surface area (Å²) in [5, 5.41) is 5.57. The number of halogens is 1. The van der Waals surface area contributed by atoms with E-state index >= 15 is 0 Å². The minimum absolute atomic E-state index is 0.0526. The van der Waals surface area contributed by atoms with Crippen LogP contribution in [0.1, 0.15) is 22.3 Å². The first kappa shape index (κ1) is 15.6. The first-order valence-corrected chi connectivity index (χ1v) is 8.16. The Labute approximate surface area is 137 Å². The topological polar surface area (TPSA) is 58.2 Å². The lowest BCUT2D eigenvalue weighted by Crippen LogP contribution is -2.14. The number of nitrogens with one attached hydrogen (secondary N) is 2. The minimum Gasteiger partial charge on any atom is -0.325 e. The van der Waals surface area contributed by atoms with Gasteiger partial charge >= 0.3 is 0 Å². The van der Waals surface area contributed by atoms with Crippen molar-refractivity contribution in [3.63, 3.8) is 0 Å². The molecule has 2 amide bonds. The van der Waals surface area contributed by atoms with Gasteiger partial charge < -0.3 is 10.6 Å². The standard InChI is InChI=1S/C17H15FN2O2S/c1-10-8-12(18)3-4-13(10)20-17(22)11-2-5-15-14(9-11)19-16(21)6-7-23-15/h2-5,8-9H,6-7H2,1H3,(H,19,21)(H,20,22). The second-order valence-electron chi connectivity index (χ2n) is 5.27. The van der Waals surface area contributed by atoms with E-state index < -0.39 is 0 Å². The number of anilines is 2.